The van der Waals surface area contributed by atoms with Gasteiger partial charge in [0.05, 0.1) is 17.4 Å². The first-order valence-electron chi connectivity index (χ1n) is 10.8. The van der Waals surface area contributed by atoms with Crippen LogP contribution in [0.25, 0.3) is 0 Å². The summed E-state index contributed by atoms with van der Waals surface area (Å²) in [5.41, 5.74) is 2.02. The molecule has 0 aliphatic carbocycles. The molecule has 1 fully saturated rings. The lowest BCUT2D eigenvalue weighted by Crippen LogP contribution is -2.51. The lowest BCUT2D eigenvalue weighted by atomic mass is 10.0. The van der Waals surface area contributed by atoms with E-state index in [1.54, 1.807) is 6.26 Å². The molecular weight excluding hydrogens is 468 g/mol. The first kappa shape index (κ1) is 22.6. The van der Waals surface area contributed by atoms with Gasteiger partial charge in [-0.25, -0.2) is 0 Å². The summed E-state index contributed by atoms with van der Waals surface area (Å²) in [7, 11) is 0. The number of rotatable bonds is 5. The topological polar surface area (TPSA) is 36.9 Å². The van der Waals surface area contributed by atoms with Crippen LogP contribution in [0, 0.1) is 23.7 Å². The standard InChI is InChI=1S/C27H25BrO4/c28-23-19-30-24-20-31-27(22-16-10-6-11-17-22)32-26(24)25(23)29-18-12-4-2-1-3-7-13-21-14-8-5-9-15-21/h5-6,8-11,14-17,19,24-27H,1-3,18,20H2/t24-,25-,26+,27?/m1/s1. The first-order chi connectivity index (χ1) is 15.8. The number of halogens is 1. The SMILES string of the molecule is BrC1=CO[C@@H]2COC(c3ccccc3)O[C@@H]2[C@@H]1OCC#CCCCC#Cc1ccccc1. The van der Waals surface area contributed by atoms with Crippen molar-refractivity contribution in [1.29, 1.82) is 0 Å². The van der Waals surface area contributed by atoms with Gasteiger partial charge >= 0.3 is 0 Å². The van der Waals surface area contributed by atoms with Gasteiger partial charge in [0, 0.05) is 24.0 Å². The van der Waals surface area contributed by atoms with Crippen molar-refractivity contribution in [3.8, 4) is 23.7 Å². The third-order valence-electron chi connectivity index (χ3n) is 5.13. The van der Waals surface area contributed by atoms with Crippen LogP contribution in [0.2, 0.25) is 0 Å². The van der Waals surface area contributed by atoms with E-state index in [1.165, 1.54) is 0 Å². The zero-order valence-corrected chi connectivity index (χ0v) is 19.3. The van der Waals surface area contributed by atoms with Crippen molar-refractivity contribution < 1.29 is 18.9 Å². The molecule has 4 atom stereocenters. The minimum absolute atomic E-state index is 0.211. The molecule has 0 aromatic heterocycles. The molecule has 1 unspecified atom stereocenters. The van der Waals surface area contributed by atoms with E-state index >= 15 is 0 Å². The fourth-order valence-electron chi connectivity index (χ4n) is 3.49. The quantitative estimate of drug-likeness (QED) is 0.416. The van der Waals surface area contributed by atoms with Crippen LogP contribution in [-0.4, -0.2) is 31.5 Å². The lowest BCUT2D eigenvalue weighted by molar-refractivity contribution is -0.279. The predicted molar refractivity (Wildman–Crippen MR) is 127 cm³/mol. The predicted octanol–water partition coefficient (Wildman–Crippen LogP) is 5.35. The highest BCUT2D eigenvalue weighted by Gasteiger charge is 2.43. The molecule has 0 radical (unpaired) electrons. The number of ether oxygens (including phenoxy) is 4. The molecule has 164 valence electrons. The molecule has 2 aromatic carbocycles. The van der Waals surface area contributed by atoms with Gasteiger partial charge in [-0.2, -0.15) is 0 Å². The van der Waals surface area contributed by atoms with E-state index in [0.29, 0.717) is 13.2 Å². The van der Waals surface area contributed by atoms with Crippen LogP contribution in [0.3, 0.4) is 0 Å². The van der Waals surface area contributed by atoms with Crippen LogP contribution in [-0.2, 0) is 18.9 Å². The Hall–Kier alpha value is -2.54. The highest BCUT2D eigenvalue weighted by molar-refractivity contribution is 9.11. The van der Waals surface area contributed by atoms with E-state index in [2.05, 4.69) is 39.6 Å². The lowest BCUT2D eigenvalue weighted by Gasteiger charge is -2.41. The van der Waals surface area contributed by atoms with Gasteiger partial charge in [0.15, 0.2) is 12.4 Å². The highest BCUT2D eigenvalue weighted by atomic mass is 79.9. The minimum Gasteiger partial charge on any atom is -0.492 e. The molecule has 2 aromatic rings. The molecule has 0 saturated carbocycles. The molecule has 4 rings (SSSR count). The number of fused-ring (bicyclic) bond motifs is 1. The maximum atomic E-state index is 6.21. The van der Waals surface area contributed by atoms with E-state index in [4.69, 9.17) is 18.9 Å². The van der Waals surface area contributed by atoms with Crippen molar-refractivity contribution in [3.05, 3.63) is 82.5 Å². The Balaban J connectivity index is 1.24. The van der Waals surface area contributed by atoms with E-state index in [0.717, 1.165) is 34.9 Å². The maximum absolute atomic E-state index is 6.21. The molecule has 2 aliphatic heterocycles. The van der Waals surface area contributed by atoms with Crippen LogP contribution in [0.4, 0.5) is 0 Å². The smallest absolute Gasteiger partial charge is 0.184 e. The van der Waals surface area contributed by atoms with Crippen molar-refractivity contribution in [2.45, 2.75) is 43.9 Å². The van der Waals surface area contributed by atoms with Gasteiger partial charge in [-0.1, -0.05) is 66.3 Å². The average Bonchev–Trinajstić information content (AvgIpc) is 2.85. The monoisotopic (exact) mass is 492 g/mol. The summed E-state index contributed by atoms with van der Waals surface area (Å²) in [5, 5.41) is 0. The minimum atomic E-state index is -0.436. The van der Waals surface area contributed by atoms with Gasteiger partial charge in [-0.05, 0) is 34.5 Å². The molecule has 2 aliphatic rings. The Bertz CT molecular complexity index is 1010. The maximum Gasteiger partial charge on any atom is 0.184 e. The summed E-state index contributed by atoms with van der Waals surface area (Å²) >= 11 is 3.55. The van der Waals surface area contributed by atoms with Crippen molar-refractivity contribution in [3.63, 3.8) is 0 Å². The molecular formula is C27H25BrO4. The Labute approximate surface area is 198 Å². The molecule has 0 N–H and O–H groups in total. The number of benzene rings is 2. The van der Waals surface area contributed by atoms with Crippen molar-refractivity contribution in [2.24, 2.45) is 0 Å². The Kier molecular flexibility index (Phi) is 8.42. The van der Waals surface area contributed by atoms with Crippen LogP contribution in [0.5, 0.6) is 0 Å². The van der Waals surface area contributed by atoms with Crippen molar-refractivity contribution >= 4 is 15.9 Å². The number of hydrogen-bond acceptors (Lipinski definition) is 4. The van der Waals surface area contributed by atoms with E-state index in [9.17, 15) is 0 Å². The Morgan fingerprint density at radius 2 is 1.69 bits per heavy atom. The van der Waals surface area contributed by atoms with Crippen LogP contribution in [0.15, 0.2) is 71.4 Å². The first-order valence-corrected chi connectivity index (χ1v) is 11.5. The molecule has 2 heterocycles. The fraction of sp³-hybridized carbons (Fsp3) is 0.333. The molecule has 0 amide bonds. The zero-order valence-electron chi connectivity index (χ0n) is 17.7. The van der Waals surface area contributed by atoms with Crippen molar-refractivity contribution in [2.75, 3.05) is 13.2 Å². The molecule has 32 heavy (non-hydrogen) atoms. The molecule has 5 heteroatoms. The molecule has 0 bridgehead atoms. The molecule has 4 nitrogen and oxygen atoms in total. The van der Waals surface area contributed by atoms with Gasteiger partial charge in [0.25, 0.3) is 0 Å². The van der Waals surface area contributed by atoms with Gasteiger partial charge < -0.3 is 18.9 Å². The third-order valence-corrected chi connectivity index (χ3v) is 5.76. The third kappa shape index (κ3) is 6.25. The largest absolute Gasteiger partial charge is 0.492 e. The fourth-order valence-corrected chi connectivity index (χ4v) is 3.99. The van der Waals surface area contributed by atoms with Gasteiger partial charge in [0.1, 0.15) is 18.8 Å². The van der Waals surface area contributed by atoms with Gasteiger partial charge in [0.2, 0.25) is 0 Å². The van der Waals surface area contributed by atoms with E-state index < -0.39 is 6.29 Å². The summed E-state index contributed by atoms with van der Waals surface area (Å²) in [5.74, 6) is 12.6. The average molecular weight is 493 g/mol. The summed E-state index contributed by atoms with van der Waals surface area (Å²) in [6.45, 7) is 0.767. The summed E-state index contributed by atoms with van der Waals surface area (Å²) in [6.07, 6.45) is 3.03. The summed E-state index contributed by atoms with van der Waals surface area (Å²) in [4.78, 5) is 0. The van der Waals surface area contributed by atoms with Gasteiger partial charge in [-0.3, -0.25) is 0 Å². The summed E-state index contributed by atoms with van der Waals surface area (Å²) in [6, 6.07) is 19.9. The normalized spacial score (nSPS) is 24.0. The van der Waals surface area contributed by atoms with Gasteiger partial charge in [-0.15, -0.1) is 5.92 Å². The number of hydrogen-bond donors (Lipinski definition) is 0. The van der Waals surface area contributed by atoms with Crippen molar-refractivity contribution in [1.82, 2.24) is 0 Å². The second kappa shape index (κ2) is 11.9. The Morgan fingerprint density at radius 3 is 2.50 bits per heavy atom. The second-order valence-corrected chi connectivity index (χ2v) is 8.38. The van der Waals surface area contributed by atoms with Crippen LogP contribution in [0.1, 0.15) is 36.7 Å². The second-order valence-electron chi connectivity index (χ2n) is 7.46. The molecule has 0 spiro atoms. The Morgan fingerprint density at radius 1 is 0.938 bits per heavy atom. The van der Waals surface area contributed by atoms with E-state index in [-0.39, 0.29) is 18.3 Å². The van der Waals surface area contributed by atoms with E-state index in [1.807, 2.05) is 60.7 Å². The summed E-state index contributed by atoms with van der Waals surface area (Å²) < 4.78 is 24.7. The zero-order chi connectivity index (χ0) is 22.0. The highest BCUT2D eigenvalue weighted by Crippen LogP contribution is 2.36. The van der Waals surface area contributed by atoms with Crippen LogP contribution < -0.4 is 0 Å². The number of unbranched alkanes of at least 4 members (excludes halogenated alkanes) is 2. The van der Waals surface area contributed by atoms with Crippen LogP contribution >= 0.6 is 15.9 Å². The molecule has 1 saturated heterocycles.